The fourth-order valence-corrected chi connectivity index (χ4v) is 2.71. The maximum atomic E-state index is 12.3. The monoisotopic (exact) mass is 299 g/mol. The summed E-state index contributed by atoms with van der Waals surface area (Å²) < 4.78 is 29.8. The summed E-state index contributed by atoms with van der Waals surface area (Å²) in [4.78, 5) is 22.7. The Morgan fingerprint density at radius 3 is 2.50 bits per heavy atom. The van der Waals surface area contributed by atoms with Gasteiger partial charge in [0.2, 0.25) is 10.0 Å². The fourth-order valence-electron chi connectivity index (χ4n) is 1.55. The molecule has 0 aliphatic heterocycles. The van der Waals surface area contributed by atoms with Gasteiger partial charge in [0.05, 0.1) is 12.0 Å². The largest absolute Gasteiger partial charge is 0.468 e. The Morgan fingerprint density at radius 1 is 1.30 bits per heavy atom. The number of hydrogen-bond acceptors (Lipinski definition) is 5. The number of rotatable bonds is 6. The first-order chi connectivity index (χ1) is 9.32. The number of esters is 1. The van der Waals surface area contributed by atoms with Crippen molar-refractivity contribution in [2.24, 2.45) is 0 Å². The van der Waals surface area contributed by atoms with Crippen molar-refractivity contribution in [3.05, 3.63) is 29.8 Å². The lowest BCUT2D eigenvalue weighted by Gasteiger charge is -2.16. The number of nitrogens with zero attached hydrogens (tertiary/aromatic N) is 1. The van der Waals surface area contributed by atoms with Crippen molar-refractivity contribution in [2.45, 2.75) is 18.2 Å². The topological polar surface area (TPSA) is 80.8 Å². The lowest BCUT2D eigenvalue weighted by Crippen LogP contribution is -2.32. The van der Waals surface area contributed by atoms with Crippen molar-refractivity contribution in [1.29, 1.82) is 0 Å². The molecule has 0 atom stereocenters. The Morgan fingerprint density at radius 2 is 1.95 bits per heavy atom. The van der Waals surface area contributed by atoms with E-state index < -0.39 is 16.0 Å². The van der Waals surface area contributed by atoms with Gasteiger partial charge in [0.25, 0.3) is 0 Å². The van der Waals surface area contributed by atoms with E-state index in [1.54, 1.807) is 13.0 Å². The molecule has 0 radical (unpaired) electrons. The molecule has 0 saturated carbocycles. The molecule has 110 valence electrons. The number of ketones is 1. The van der Waals surface area contributed by atoms with E-state index in [1.807, 2.05) is 0 Å². The van der Waals surface area contributed by atoms with Crippen LogP contribution in [0.5, 0.6) is 0 Å². The van der Waals surface area contributed by atoms with Crippen LogP contribution < -0.4 is 0 Å². The zero-order valence-corrected chi connectivity index (χ0v) is 12.4. The Balaban J connectivity index is 3.09. The van der Waals surface area contributed by atoms with E-state index in [1.165, 1.54) is 32.4 Å². The second-order valence-electron chi connectivity index (χ2n) is 4.14. The highest BCUT2D eigenvalue weighted by Gasteiger charge is 2.23. The zero-order chi connectivity index (χ0) is 15.3. The molecular formula is C13H17NO5S. The van der Waals surface area contributed by atoms with E-state index >= 15 is 0 Å². The summed E-state index contributed by atoms with van der Waals surface area (Å²) >= 11 is 0. The predicted molar refractivity (Wildman–Crippen MR) is 72.9 cm³/mol. The summed E-state index contributed by atoms with van der Waals surface area (Å²) in [6.45, 7) is 1.32. The number of Topliss-reactive ketones (excluding diaryl/α,β-unsaturated/α-hetero) is 1. The SMILES string of the molecule is CCC(=O)c1cccc(S(=O)(=O)N(C)CC(=O)OC)c1. The first kappa shape index (κ1) is 16.3. The highest BCUT2D eigenvalue weighted by molar-refractivity contribution is 7.89. The molecule has 0 N–H and O–H groups in total. The second-order valence-corrected chi connectivity index (χ2v) is 6.19. The molecule has 0 heterocycles. The van der Waals surface area contributed by atoms with Crippen LogP contribution in [-0.4, -0.2) is 45.2 Å². The highest BCUT2D eigenvalue weighted by Crippen LogP contribution is 2.16. The molecule has 7 heteroatoms. The Hall–Kier alpha value is -1.73. The van der Waals surface area contributed by atoms with Gasteiger partial charge in [0, 0.05) is 19.0 Å². The average molecular weight is 299 g/mol. The number of methoxy groups -OCH3 is 1. The van der Waals surface area contributed by atoms with E-state index in [0.29, 0.717) is 12.0 Å². The Kier molecular flexibility index (Phi) is 5.41. The van der Waals surface area contributed by atoms with Crippen LogP contribution in [-0.2, 0) is 19.6 Å². The molecule has 0 unspecified atom stereocenters. The molecule has 0 spiro atoms. The van der Waals surface area contributed by atoms with Gasteiger partial charge in [-0.25, -0.2) is 8.42 Å². The summed E-state index contributed by atoms with van der Waals surface area (Å²) in [6.07, 6.45) is 0.293. The number of hydrogen-bond donors (Lipinski definition) is 0. The molecule has 6 nitrogen and oxygen atoms in total. The van der Waals surface area contributed by atoms with Gasteiger partial charge in [-0.3, -0.25) is 9.59 Å². The molecule has 0 fully saturated rings. The molecule has 1 rings (SSSR count). The lowest BCUT2D eigenvalue weighted by molar-refractivity contribution is -0.140. The van der Waals surface area contributed by atoms with Crippen LogP contribution >= 0.6 is 0 Å². The van der Waals surface area contributed by atoms with Crippen molar-refractivity contribution in [2.75, 3.05) is 20.7 Å². The van der Waals surface area contributed by atoms with E-state index in [9.17, 15) is 18.0 Å². The van der Waals surface area contributed by atoms with E-state index in [2.05, 4.69) is 4.74 Å². The van der Waals surface area contributed by atoms with Crippen LogP contribution in [0.25, 0.3) is 0 Å². The molecule has 0 amide bonds. The minimum Gasteiger partial charge on any atom is -0.468 e. The quantitative estimate of drug-likeness (QED) is 0.580. The van der Waals surface area contributed by atoms with Crippen LogP contribution in [0.3, 0.4) is 0 Å². The smallest absolute Gasteiger partial charge is 0.321 e. The number of carbonyl (C=O) groups excluding carboxylic acids is 2. The van der Waals surface area contributed by atoms with Gasteiger partial charge in [-0.1, -0.05) is 19.1 Å². The number of benzene rings is 1. The van der Waals surface area contributed by atoms with Crippen molar-refractivity contribution >= 4 is 21.8 Å². The van der Waals surface area contributed by atoms with Crippen LogP contribution in [0.4, 0.5) is 0 Å². The van der Waals surface area contributed by atoms with E-state index in [0.717, 1.165) is 4.31 Å². The number of sulfonamides is 1. The zero-order valence-electron chi connectivity index (χ0n) is 11.6. The third-order valence-electron chi connectivity index (χ3n) is 2.76. The van der Waals surface area contributed by atoms with Gasteiger partial charge in [0.1, 0.15) is 6.54 Å². The highest BCUT2D eigenvalue weighted by atomic mass is 32.2. The van der Waals surface area contributed by atoms with E-state index in [4.69, 9.17) is 0 Å². The number of likely N-dealkylation sites (N-methyl/N-ethyl adjacent to an activating group) is 1. The molecule has 20 heavy (non-hydrogen) atoms. The standard InChI is InChI=1S/C13H17NO5S/c1-4-12(15)10-6-5-7-11(8-10)20(17,18)14(2)9-13(16)19-3/h5-8H,4,9H2,1-3H3. The van der Waals surface area contributed by atoms with Gasteiger partial charge in [-0.05, 0) is 12.1 Å². The van der Waals surface area contributed by atoms with Crippen LogP contribution in [0.2, 0.25) is 0 Å². The van der Waals surface area contributed by atoms with Gasteiger partial charge in [0.15, 0.2) is 5.78 Å². The molecule has 1 aromatic carbocycles. The molecular weight excluding hydrogens is 282 g/mol. The maximum Gasteiger partial charge on any atom is 0.321 e. The summed E-state index contributed by atoms with van der Waals surface area (Å²) in [7, 11) is -1.37. The molecule has 0 saturated heterocycles. The normalized spacial score (nSPS) is 11.4. The van der Waals surface area contributed by atoms with Gasteiger partial charge in [-0.15, -0.1) is 0 Å². The minimum absolute atomic E-state index is 0.0248. The van der Waals surface area contributed by atoms with Gasteiger partial charge < -0.3 is 4.74 Å². The van der Waals surface area contributed by atoms with Gasteiger partial charge >= 0.3 is 5.97 Å². The number of ether oxygens (including phenoxy) is 1. The summed E-state index contributed by atoms with van der Waals surface area (Å²) in [5.74, 6) is -0.797. The van der Waals surface area contributed by atoms with Gasteiger partial charge in [-0.2, -0.15) is 4.31 Å². The summed E-state index contributed by atoms with van der Waals surface area (Å²) in [5, 5.41) is 0. The van der Waals surface area contributed by atoms with Crippen molar-refractivity contribution < 1.29 is 22.7 Å². The molecule has 0 bridgehead atoms. The summed E-state index contributed by atoms with van der Waals surface area (Å²) in [6, 6.07) is 5.76. The second kappa shape index (κ2) is 6.62. The predicted octanol–water partition coefficient (Wildman–Crippen LogP) is 1.07. The average Bonchev–Trinajstić information content (AvgIpc) is 2.46. The minimum atomic E-state index is -3.83. The molecule has 0 aliphatic rings. The Bertz CT molecular complexity index is 609. The van der Waals surface area contributed by atoms with Crippen LogP contribution in [0.1, 0.15) is 23.7 Å². The first-order valence-electron chi connectivity index (χ1n) is 5.99. The summed E-state index contributed by atoms with van der Waals surface area (Å²) in [5.41, 5.74) is 0.333. The molecule has 1 aromatic rings. The fraction of sp³-hybridized carbons (Fsp3) is 0.385. The number of carbonyl (C=O) groups is 2. The van der Waals surface area contributed by atoms with Crippen LogP contribution in [0.15, 0.2) is 29.2 Å². The molecule has 0 aromatic heterocycles. The third kappa shape index (κ3) is 3.64. The third-order valence-corrected chi connectivity index (χ3v) is 4.56. The van der Waals surface area contributed by atoms with Crippen molar-refractivity contribution in [1.82, 2.24) is 4.31 Å². The first-order valence-corrected chi connectivity index (χ1v) is 7.43. The Labute approximate surface area is 118 Å². The lowest BCUT2D eigenvalue weighted by atomic mass is 10.1. The van der Waals surface area contributed by atoms with E-state index in [-0.39, 0.29) is 17.2 Å². The molecule has 0 aliphatic carbocycles. The van der Waals surface area contributed by atoms with Crippen molar-refractivity contribution in [3.8, 4) is 0 Å². The maximum absolute atomic E-state index is 12.3. The van der Waals surface area contributed by atoms with Crippen LogP contribution in [0, 0.1) is 0 Å². The van der Waals surface area contributed by atoms with Crippen molar-refractivity contribution in [3.63, 3.8) is 0 Å².